The van der Waals surface area contributed by atoms with Gasteiger partial charge in [0, 0.05) is 24.8 Å². The number of aromatic nitrogens is 1. The zero-order valence-corrected chi connectivity index (χ0v) is 12.1. The van der Waals surface area contributed by atoms with Crippen molar-refractivity contribution in [3.8, 4) is 5.75 Å². The van der Waals surface area contributed by atoms with E-state index in [-0.39, 0.29) is 12.1 Å². The van der Waals surface area contributed by atoms with E-state index in [0.29, 0.717) is 5.92 Å². The van der Waals surface area contributed by atoms with E-state index in [1.807, 2.05) is 27.1 Å². The van der Waals surface area contributed by atoms with Gasteiger partial charge in [-0.2, -0.15) is 0 Å². The van der Waals surface area contributed by atoms with Crippen LogP contribution in [0.5, 0.6) is 5.75 Å². The minimum Gasteiger partial charge on any atom is -0.489 e. The van der Waals surface area contributed by atoms with Crippen molar-refractivity contribution in [1.29, 1.82) is 0 Å². The summed E-state index contributed by atoms with van der Waals surface area (Å²) >= 11 is 0. The first-order chi connectivity index (χ1) is 9.20. The molecule has 1 aromatic rings. The molecular formula is C15H24N2O2. The van der Waals surface area contributed by atoms with Gasteiger partial charge in [0.1, 0.15) is 5.75 Å². The van der Waals surface area contributed by atoms with Crippen molar-refractivity contribution in [1.82, 2.24) is 10.3 Å². The van der Waals surface area contributed by atoms with Crippen LogP contribution in [0.3, 0.4) is 0 Å². The number of nitrogens with zero attached hydrogens (tertiary/aromatic N) is 1. The Labute approximate surface area is 115 Å². The second-order valence-electron chi connectivity index (χ2n) is 5.36. The first kappa shape index (κ1) is 14.3. The van der Waals surface area contributed by atoms with Crippen molar-refractivity contribution >= 4 is 0 Å². The Morgan fingerprint density at radius 3 is 2.89 bits per heavy atom. The second-order valence-corrected chi connectivity index (χ2v) is 5.36. The van der Waals surface area contributed by atoms with Crippen LogP contribution in [-0.2, 0) is 4.74 Å². The van der Waals surface area contributed by atoms with E-state index in [1.165, 1.54) is 12.0 Å². The van der Waals surface area contributed by atoms with Gasteiger partial charge in [-0.1, -0.05) is 0 Å². The predicted octanol–water partition coefficient (Wildman–Crippen LogP) is 2.56. The molecule has 0 aliphatic carbocycles. The maximum Gasteiger partial charge on any atom is 0.138 e. The highest BCUT2D eigenvalue weighted by Crippen LogP contribution is 2.29. The maximum atomic E-state index is 5.72. The van der Waals surface area contributed by atoms with Gasteiger partial charge in [-0.25, -0.2) is 0 Å². The standard InChI is InChI=1S/C15H24N2O2/c1-11(2)19-14-7-13(8-17-9-14)15(16-3)12-5-4-6-18-10-12/h7-9,11-12,15-16H,4-6,10H2,1-3H3. The van der Waals surface area contributed by atoms with Gasteiger partial charge < -0.3 is 14.8 Å². The lowest BCUT2D eigenvalue weighted by Gasteiger charge is -2.30. The Balaban J connectivity index is 2.12. The average Bonchev–Trinajstić information content (AvgIpc) is 2.40. The fourth-order valence-corrected chi connectivity index (χ4v) is 2.65. The van der Waals surface area contributed by atoms with Crippen molar-refractivity contribution in [3.05, 3.63) is 24.0 Å². The van der Waals surface area contributed by atoms with E-state index in [0.717, 1.165) is 25.4 Å². The molecule has 4 heteroatoms. The van der Waals surface area contributed by atoms with Gasteiger partial charge in [0.2, 0.25) is 0 Å². The Morgan fingerprint density at radius 2 is 2.26 bits per heavy atom. The Hall–Kier alpha value is -1.13. The molecule has 1 aliphatic heterocycles. The van der Waals surface area contributed by atoms with Crippen LogP contribution in [0.2, 0.25) is 0 Å². The molecule has 2 rings (SSSR count). The van der Waals surface area contributed by atoms with Crippen molar-refractivity contribution in [3.63, 3.8) is 0 Å². The third-order valence-corrected chi connectivity index (χ3v) is 3.44. The molecule has 0 aromatic carbocycles. The molecule has 0 saturated carbocycles. The number of pyridine rings is 1. The smallest absolute Gasteiger partial charge is 0.138 e. The Morgan fingerprint density at radius 1 is 1.42 bits per heavy atom. The normalized spacial score (nSPS) is 21.4. The molecule has 0 radical (unpaired) electrons. The molecule has 19 heavy (non-hydrogen) atoms. The largest absolute Gasteiger partial charge is 0.489 e. The van der Waals surface area contributed by atoms with Crippen LogP contribution >= 0.6 is 0 Å². The molecule has 1 aliphatic rings. The van der Waals surface area contributed by atoms with Gasteiger partial charge in [0.05, 0.1) is 18.9 Å². The van der Waals surface area contributed by atoms with Gasteiger partial charge in [0.15, 0.2) is 0 Å². The minimum absolute atomic E-state index is 0.170. The summed E-state index contributed by atoms with van der Waals surface area (Å²) in [5, 5.41) is 3.39. The van der Waals surface area contributed by atoms with Crippen LogP contribution in [0.1, 0.15) is 38.3 Å². The van der Waals surface area contributed by atoms with E-state index in [4.69, 9.17) is 9.47 Å². The summed E-state index contributed by atoms with van der Waals surface area (Å²) < 4.78 is 11.3. The molecule has 0 bridgehead atoms. The molecule has 0 amide bonds. The van der Waals surface area contributed by atoms with Crippen LogP contribution in [0, 0.1) is 5.92 Å². The lowest BCUT2D eigenvalue weighted by Crippen LogP contribution is -2.31. The number of hydrogen-bond acceptors (Lipinski definition) is 4. The number of hydrogen-bond donors (Lipinski definition) is 1. The van der Waals surface area contributed by atoms with Crippen molar-refractivity contribution in [2.75, 3.05) is 20.3 Å². The van der Waals surface area contributed by atoms with Gasteiger partial charge in [-0.15, -0.1) is 0 Å². The van der Waals surface area contributed by atoms with Crippen molar-refractivity contribution < 1.29 is 9.47 Å². The molecule has 1 aromatic heterocycles. The van der Waals surface area contributed by atoms with Crippen LogP contribution < -0.4 is 10.1 Å². The van der Waals surface area contributed by atoms with E-state index in [1.54, 1.807) is 6.20 Å². The first-order valence-corrected chi connectivity index (χ1v) is 7.07. The van der Waals surface area contributed by atoms with E-state index in [9.17, 15) is 0 Å². The van der Waals surface area contributed by atoms with Gasteiger partial charge in [0.25, 0.3) is 0 Å². The van der Waals surface area contributed by atoms with Gasteiger partial charge in [-0.3, -0.25) is 4.98 Å². The van der Waals surface area contributed by atoms with Gasteiger partial charge >= 0.3 is 0 Å². The molecule has 1 N–H and O–H groups in total. The maximum absolute atomic E-state index is 5.72. The summed E-state index contributed by atoms with van der Waals surface area (Å²) in [6.07, 6.45) is 6.19. The molecule has 1 fully saturated rings. The summed E-state index contributed by atoms with van der Waals surface area (Å²) in [4.78, 5) is 4.30. The third-order valence-electron chi connectivity index (χ3n) is 3.44. The average molecular weight is 264 g/mol. The molecule has 0 spiro atoms. The summed E-state index contributed by atoms with van der Waals surface area (Å²) in [7, 11) is 2.00. The fraction of sp³-hybridized carbons (Fsp3) is 0.667. The zero-order valence-electron chi connectivity index (χ0n) is 12.1. The quantitative estimate of drug-likeness (QED) is 0.887. The fourth-order valence-electron chi connectivity index (χ4n) is 2.65. The first-order valence-electron chi connectivity index (χ1n) is 7.07. The Kier molecular flexibility index (Phi) is 5.16. The molecule has 2 heterocycles. The summed E-state index contributed by atoms with van der Waals surface area (Å²) in [5.74, 6) is 1.35. The molecule has 2 unspecified atom stereocenters. The lowest BCUT2D eigenvalue weighted by atomic mass is 9.89. The SMILES string of the molecule is CNC(c1cncc(OC(C)C)c1)C1CCCOC1. The van der Waals surface area contributed by atoms with E-state index >= 15 is 0 Å². The zero-order chi connectivity index (χ0) is 13.7. The summed E-state index contributed by atoms with van der Waals surface area (Å²) in [6.45, 7) is 5.76. The minimum atomic E-state index is 0.170. The van der Waals surface area contributed by atoms with E-state index in [2.05, 4.69) is 16.4 Å². The third kappa shape index (κ3) is 3.91. The number of rotatable bonds is 5. The van der Waals surface area contributed by atoms with Crippen LogP contribution in [0.4, 0.5) is 0 Å². The van der Waals surface area contributed by atoms with Crippen LogP contribution in [-0.4, -0.2) is 31.3 Å². The number of ether oxygens (including phenoxy) is 2. The highest BCUT2D eigenvalue weighted by molar-refractivity contribution is 5.26. The van der Waals surface area contributed by atoms with Crippen LogP contribution in [0.15, 0.2) is 18.5 Å². The molecule has 2 atom stereocenters. The summed E-state index contributed by atoms with van der Waals surface area (Å²) in [6, 6.07) is 2.37. The van der Waals surface area contributed by atoms with Crippen molar-refractivity contribution in [2.45, 2.75) is 38.8 Å². The Bertz CT molecular complexity index is 389. The highest BCUT2D eigenvalue weighted by atomic mass is 16.5. The lowest BCUT2D eigenvalue weighted by molar-refractivity contribution is 0.0401. The molecule has 106 valence electrons. The summed E-state index contributed by atoms with van der Waals surface area (Å²) in [5.41, 5.74) is 1.18. The molecule has 4 nitrogen and oxygen atoms in total. The molecule has 1 saturated heterocycles. The topological polar surface area (TPSA) is 43.4 Å². The van der Waals surface area contributed by atoms with Crippen LogP contribution in [0.25, 0.3) is 0 Å². The molecular weight excluding hydrogens is 240 g/mol. The highest BCUT2D eigenvalue weighted by Gasteiger charge is 2.24. The van der Waals surface area contributed by atoms with Crippen molar-refractivity contribution in [2.24, 2.45) is 5.92 Å². The number of nitrogens with one attached hydrogen (secondary N) is 1. The predicted molar refractivity (Wildman–Crippen MR) is 75.3 cm³/mol. The van der Waals surface area contributed by atoms with Gasteiger partial charge in [-0.05, 0) is 45.4 Å². The monoisotopic (exact) mass is 264 g/mol. The van der Waals surface area contributed by atoms with E-state index < -0.39 is 0 Å². The second kappa shape index (κ2) is 6.87.